The van der Waals surface area contributed by atoms with E-state index in [-0.39, 0.29) is 25.0 Å². The molecule has 3 amide bonds. The number of nitrogens with one attached hydrogen (secondary N) is 2. The first-order valence-electron chi connectivity index (χ1n) is 5.47. The van der Waals surface area contributed by atoms with Crippen LogP contribution >= 0.6 is 0 Å². The Kier molecular flexibility index (Phi) is 3.22. The van der Waals surface area contributed by atoms with Gasteiger partial charge < -0.3 is 10.6 Å². The van der Waals surface area contributed by atoms with Gasteiger partial charge in [-0.3, -0.25) is 9.69 Å². The second-order valence-corrected chi connectivity index (χ2v) is 3.72. The normalized spacial score (nSPS) is 15.0. The van der Waals surface area contributed by atoms with E-state index in [2.05, 4.69) is 15.6 Å². The number of amides is 3. The van der Waals surface area contributed by atoms with Gasteiger partial charge >= 0.3 is 6.03 Å². The molecule has 6 nitrogen and oxygen atoms in total. The average molecular weight is 234 g/mol. The first-order chi connectivity index (χ1) is 8.20. The third kappa shape index (κ3) is 2.52. The van der Waals surface area contributed by atoms with Gasteiger partial charge in [-0.2, -0.15) is 0 Å². The summed E-state index contributed by atoms with van der Waals surface area (Å²) in [6, 6.07) is 3.29. The van der Waals surface area contributed by atoms with Crippen molar-refractivity contribution in [2.24, 2.45) is 0 Å². The van der Waals surface area contributed by atoms with E-state index in [0.717, 1.165) is 17.9 Å². The number of carbonyl (C=O) groups is 2. The molecule has 17 heavy (non-hydrogen) atoms. The summed E-state index contributed by atoms with van der Waals surface area (Å²) in [6.45, 7) is 3.13. The molecule has 0 radical (unpaired) electrons. The van der Waals surface area contributed by atoms with Gasteiger partial charge in [-0.25, -0.2) is 9.78 Å². The lowest BCUT2D eigenvalue weighted by atomic mass is 10.2. The van der Waals surface area contributed by atoms with Gasteiger partial charge in [-0.1, -0.05) is 0 Å². The maximum Gasteiger partial charge on any atom is 0.324 e. The maximum atomic E-state index is 11.4. The average Bonchev–Trinajstić information content (AvgIpc) is 2.62. The summed E-state index contributed by atoms with van der Waals surface area (Å²) in [4.78, 5) is 28.1. The Morgan fingerprint density at radius 1 is 1.53 bits per heavy atom. The minimum absolute atomic E-state index is 0.0873. The molecule has 0 aliphatic carbocycles. The fraction of sp³-hybridized carbons (Fsp3) is 0.364. The number of nitrogens with zero attached hydrogens (tertiary/aromatic N) is 2. The highest BCUT2D eigenvalue weighted by molar-refractivity contribution is 6.01. The number of urea groups is 1. The van der Waals surface area contributed by atoms with E-state index in [0.29, 0.717) is 0 Å². The molecule has 1 fully saturated rings. The SMILES string of the molecule is CCNc1cc(CN2C(=O)CNC2=O)ccn1. The maximum absolute atomic E-state index is 11.4. The van der Waals surface area contributed by atoms with Gasteiger partial charge in [-0.15, -0.1) is 0 Å². The summed E-state index contributed by atoms with van der Waals surface area (Å²) in [5.74, 6) is 0.550. The smallest absolute Gasteiger partial charge is 0.324 e. The molecular formula is C11H14N4O2. The van der Waals surface area contributed by atoms with Gasteiger partial charge in [-0.05, 0) is 24.6 Å². The predicted molar refractivity (Wildman–Crippen MR) is 62.3 cm³/mol. The van der Waals surface area contributed by atoms with Crippen LogP contribution in [0, 0.1) is 0 Å². The van der Waals surface area contributed by atoms with E-state index in [1.54, 1.807) is 12.3 Å². The minimum Gasteiger partial charge on any atom is -0.370 e. The Bertz CT molecular complexity index is 431. The van der Waals surface area contributed by atoms with E-state index in [1.165, 1.54) is 4.90 Å². The van der Waals surface area contributed by atoms with Gasteiger partial charge in [0.15, 0.2) is 0 Å². The number of anilines is 1. The van der Waals surface area contributed by atoms with Crippen LogP contribution in [0.2, 0.25) is 0 Å². The summed E-state index contributed by atoms with van der Waals surface area (Å²) in [7, 11) is 0. The molecule has 0 unspecified atom stereocenters. The first kappa shape index (κ1) is 11.4. The van der Waals surface area contributed by atoms with Crippen LogP contribution in [0.1, 0.15) is 12.5 Å². The van der Waals surface area contributed by atoms with Crippen LogP contribution in [0.15, 0.2) is 18.3 Å². The van der Waals surface area contributed by atoms with Crippen molar-refractivity contribution in [3.05, 3.63) is 23.9 Å². The third-order valence-electron chi connectivity index (χ3n) is 2.46. The van der Waals surface area contributed by atoms with Crippen LogP contribution in [-0.2, 0) is 11.3 Å². The van der Waals surface area contributed by atoms with Crippen LogP contribution in [0.25, 0.3) is 0 Å². The molecule has 1 aromatic heterocycles. The number of imide groups is 1. The second-order valence-electron chi connectivity index (χ2n) is 3.72. The number of hydrogen-bond acceptors (Lipinski definition) is 4. The van der Waals surface area contributed by atoms with Gasteiger partial charge in [0.1, 0.15) is 5.82 Å². The van der Waals surface area contributed by atoms with Crippen molar-refractivity contribution in [1.29, 1.82) is 0 Å². The zero-order valence-corrected chi connectivity index (χ0v) is 9.56. The molecule has 1 aliphatic heterocycles. The van der Waals surface area contributed by atoms with Gasteiger partial charge in [0.05, 0.1) is 13.1 Å². The molecule has 90 valence electrons. The zero-order valence-electron chi connectivity index (χ0n) is 9.56. The van der Waals surface area contributed by atoms with Gasteiger partial charge in [0, 0.05) is 12.7 Å². The number of pyridine rings is 1. The Hall–Kier alpha value is -2.11. The van der Waals surface area contributed by atoms with E-state index < -0.39 is 0 Å². The molecule has 0 saturated carbocycles. The van der Waals surface area contributed by atoms with Crippen LogP contribution in [0.3, 0.4) is 0 Å². The van der Waals surface area contributed by atoms with Crippen molar-refractivity contribution in [3.8, 4) is 0 Å². The van der Waals surface area contributed by atoms with Crippen molar-refractivity contribution in [2.45, 2.75) is 13.5 Å². The first-order valence-corrected chi connectivity index (χ1v) is 5.47. The monoisotopic (exact) mass is 234 g/mol. The standard InChI is InChI=1S/C11H14N4O2/c1-2-12-9-5-8(3-4-13-9)7-15-10(16)6-14-11(15)17/h3-5H,2,6-7H2,1H3,(H,12,13)(H,14,17). The molecule has 2 heterocycles. The van der Waals surface area contributed by atoms with Crippen molar-refractivity contribution < 1.29 is 9.59 Å². The van der Waals surface area contributed by atoms with E-state index >= 15 is 0 Å². The number of aromatic nitrogens is 1. The highest BCUT2D eigenvalue weighted by Gasteiger charge is 2.28. The van der Waals surface area contributed by atoms with Crippen LogP contribution in [0.4, 0.5) is 10.6 Å². The fourth-order valence-corrected chi connectivity index (χ4v) is 1.65. The molecular weight excluding hydrogens is 220 g/mol. The number of carbonyl (C=O) groups excluding carboxylic acids is 2. The summed E-state index contributed by atoms with van der Waals surface area (Å²) in [5, 5.41) is 5.57. The molecule has 0 atom stereocenters. The molecule has 2 rings (SSSR count). The lowest BCUT2D eigenvalue weighted by molar-refractivity contribution is -0.125. The Morgan fingerprint density at radius 2 is 2.35 bits per heavy atom. The lowest BCUT2D eigenvalue weighted by Crippen LogP contribution is -2.30. The lowest BCUT2D eigenvalue weighted by Gasteiger charge is -2.12. The van der Waals surface area contributed by atoms with Crippen molar-refractivity contribution in [2.75, 3.05) is 18.4 Å². The number of hydrogen-bond donors (Lipinski definition) is 2. The molecule has 1 aromatic rings. The summed E-state index contributed by atoms with van der Waals surface area (Å²) in [5.41, 5.74) is 0.876. The predicted octanol–water partition coefficient (Wildman–Crippen LogP) is 0.565. The highest BCUT2D eigenvalue weighted by Crippen LogP contribution is 2.11. The van der Waals surface area contributed by atoms with Crippen LogP contribution in [0.5, 0.6) is 0 Å². The molecule has 0 bridgehead atoms. The van der Waals surface area contributed by atoms with E-state index in [9.17, 15) is 9.59 Å². The molecule has 1 saturated heterocycles. The third-order valence-corrected chi connectivity index (χ3v) is 2.46. The molecule has 6 heteroatoms. The van der Waals surface area contributed by atoms with Gasteiger partial charge in [0.25, 0.3) is 0 Å². The van der Waals surface area contributed by atoms with E-state index in [4.69, 9.17) is 0 Å². The second kappa shape index (κ2) is 4.82. The van der Waals surface area contributed by atoms with E-state index in [1.807, 2.05) is 13.0 Å². The molecule has 2 N–H and O–H groups in total. The molecule has 0 aromatic carbocycles. The minimum atomic E-state index is -0.336. The Labute approximate surface area is 99.0 Å². The van der Waals surface area contributed by atoms with Gasteiger partial charge in [0.2, 0.25) is 5.91 Å². The Morgan fingerprint density at radius 3 is 3.00 bits per heavy atom. The number of rotatable bonds is 4. The zero-order chi connectivity index (χ0) is 12.3. The molecule has 0 spiro atoms. The largest absolute Gasteiger partial charge is 0.370 e. The Balaban J connectivity index is 2.10. The topological polar surface area (TPSA) is 74.3 Å². The van der Waals surface area contributed by atoms with Crippen LogP contribution in [-0.4, -0.2) is 34.9 Å². The quantitative estimate of drug-likeness (QED) is 0.747. The fourth-order valence-electron chi connectivity index (χ4n) is 1.65. The van der Waals surface area contributed by atoms with Crippen molar-refractivity contribution >= 4 is 17.8 Å². The summed E-state index contributed by atoms with van der Waals surface area (Å²) >= 11 is 0. The van der Waals surface area contributed by atoms with Crippen molar-refractivity contribution in [1.82, 2.24) is 15.2 Å². The van der Waals surface area contributed by atoms with Crippen LogP contribution < -0.4 is 10.6 Å². The highest BCUT2D eigenvalue weighted by atomic mass is 16.2. The molecule has 1 aliphatic rings. The summed E-state index contributed by atoms with van der Waals surface area (Å²) in [6.07, 6.45) is 1.66. The van der Waals surface area contributed by atoms with Crippen molar-refractivity contribution in [3.63, 3.8) is 0 Å². The summed E-state index contributed by atoms with van der Waals surface area (Å²) < 4.78 is 0.